The van der Waals surface area contributed by atoms with Crippen LogP contribution in [0.4, 0.5) is 0 Å². The van der Waals surface area contributed by atoms with Crippen molar-refractivity contribution in [3.63, 3.8) is 0 Å². The molecule has 0 saturated heterocycles. The van der Waals surface area contributed by atoms with Crippen molar-refractivity contribution in [1.82, 2.24) is 0 Å². The summed E-state index contributed by atoms with van der Waals surface area (Å²) < 4.78 is 11.2. The van der Waals surface area contributed by atoms with E-state index in [0.29, 0.717) is 11.7 Å². The van der Waals surface area contributed by atoms with Gasteiger partial charge in [-0.25, -0.2) is 0 Å². The van der Waals surface area contributed by atoms with Crippen LogP contribution in [-0.4, -0.2) is 37.9 Å². The van der Waals surface area contributed by atoms with E-state index in [2.05, 4.69) is 24.3 Å². The first-order valence-corrected chi connectivity index (χ1v) is 7.98. The Bertz CT molecular complexity index is 616. The third-order valence-corrected chi connectivity index (χ3v) is 5.62. The van der Waals surface area contributed by atoms with Crippen LogP contribution < -0.4 is 0 Å². The Labute approximate surface area is 130 Å². The molecule has 1 fully saturated rings. The Morgan fingerprint density at radius 3 is 2.82 bits per heavy atom. The Balaban J connectivity index is 1.76. The molecule has 0 bridgehead atoms. The molecule has 0 aromatic heterocycles. The van der Waals surface area contributed by atoms with Crippen molar-refractivity contribution in [2.45, 2.75) is 25.0 Å². The number of methoxy groups -OCH3 is 2. The second kappa shape index (κ2) is 5.20. The van der Waals surface area contributed by atoms with Crippen molar-refractivity contribution in [3.8, 4) is 0 Å². The number of rotatable bonds is 2. The van der Waals surface area contributed by atoms with Crippen LogP contribution in [0.3, 0.4) is 0 Å². The van der Waals surface area contributed by atoms with Crippen LogP contribution in [0.15, 0.2) is 41.1 Å². The number of carbonyl (C=O) groups excluding carboxylic acids is 1. The predicted molar refractivity (Wildman–Crippen MR) is 83.6 cm³/mol. The highest BCUT2D eigenvalue weighted by molar-refractivity contribution is 5.98. The highest BCUT2D eigenvalue weighted by Gasteiger charge is 2.53. The summed E-state index contributed by atoms with van der Waals surface area (Å²) in [7, 11) is 3.32. The van der Waals surface area contributed by atoms with Gasteiger partial charge < -0.3 is 9.47 Å². The van der Waals surface area contributed by atoms with Crippen LogP contribution in [0.25, 0.3) is 0 Å². The van der Waals surface area contributed by atoms with Gasteiger partial charge in [0, 0.05) is 42.6 Å². The van der Waals surface area contributed by atoms with Crippen LogP contribution in [0, 0.1) is 23.7 Å². The molecule has 4 heteroatoms. The zero-order chi connectivity index (χ0) is 15.3. The second-order valence-electron chi connectivity index (χ2n) is 6.52. The first-order valence-electron chi connectivity index (χ1n) is 7.98. The lowest BCUT2D eigenvalue weighted by molar-refractivity contribution is -0.126. The molecule has 0 amide bonds. The molecular weight excluding hydrogens is 278 g/mol. The topological polar surface area (TPSA) is 47.9 Å². The van der Waals surface area contributed by atoms with Crippen molar-refractivity contribution in [1.29, 1.82) is 0 Å². The second-order valence-corrected chi connectivity index (χ2v) is 6.52. The third-order valence-electron chi connectivity index (χ3n) is 5.62. The molecule has 0 spiro atoms. The fourth-order valence-electron chi connectivity index (χ4n) is 4.73. The van der Waals surface area contributed by atoms with Gasteiger partial charge in [-0.15, -0.1) is 0 Å². The van der Waals surface area contributed by atoms with Crippen LogP contribution in [0.2, 0.25) is 0 Å². The highest BCUT2D eigenvalue weighted by Crippen LogP contribution is 2.49. The molecule has 116 valence electrons. The quantitative estimate of drug-likeness (QED) is 0.786. The zero-order valence-corrected chi connectivity index (χ0v) is 12.9. The normalized spacial score (nSPS) is 42.2. The van der Waals surface area contributed by atoms with E-state index in [1.165, 1.54) is 5.71 Å². The number of ether oxygens (including phenoxy) is 2. The molecule has 4 rings (SSSR count). The molecule has 1 aliphatic heterocycles. The number of carbonyl (C=O) groups is 1. The summed E-state index contributed by atoms with van der Waals surface area (Å²) in [5.41, 5.74) is 1.26. The zero-order valence-electron chi connectivity index (χ0n) is 12.9. The molecule has 22 heavy (non-hydrogen) atoms. The summed E-state index contributed by atoms with van der Waals surface area (Å²) in [5.74, 6) is 1.66. The smallest absolute Gasteiger partial charge is 0.162 e. The largest absolute Gasteiger partial charge is 0.498 e. The summed E-state index contributed by atoms with van der Waals surface area (Å²) in [5, 5.41) is 0. The van der Waals surface area contributed by atoms with E-state index in [1.54, 1.807) is 20.3 Å². The Hall–Kier alpha value is -1.68. The number of hydrogen-bond donors (Lipinski definition) is 0. The van der Waals surface area contributed by atoms with Gasteiger partial charge in [0.05, 0.1) is 13.2 Å². The van der Waals surface area contributed by atoms with E-state index >= 15 is 0 Å². The number of hydrogen-bond acceptors (Lipinski definition) is 4. The van der Waals surface area contributed by atoms with Gasteiger partial charge in [0.25, 0.3) is 0 Å². The average molecular weight is 299 g/mol. The molecule has 1 heterocycles. The summed E-state index contributed by atoms with van der Waals surface area (Å²) in [4.78, 5) is 17.4. The Morgan fingerprint density at radius 2 is 2.05 bits per heavy atom. The summed E-state index contributed by atoms with van der Waals surface area (Å²) in [6, 6.07) is 0.230. The third kappa shape index (κ3) is 1.86. The highest BCUT2D eigenvalue weighted by atomic mass is 16.5. The minimum atomic E-state index is -0.152. The van der Waals surface area contributed by atoms with Gasteiger partial charge in [-0.05, 0) is 12.8 Å². The van der Waals surface area contributed by atoms with Crippen molar-refractivity contribution in [2.75, 3.05) is 14.2 Å². The van der Waals surface area contributed by atoms with Crippen LogP contribution in [-0.2, 0) is 14.3 Å². The number of ketones is 1. The van der Waals surface area contributed by atoms with Crippen molar-refractivity contribution >= 4 is 11.5 Å². The standard InChI is InChI=1S/C18H21NO3/c1-21-15-9-14(20)11-7-8-13-16(17(11)18(15)22-2)10-5-3-4-6-12(10)19-13/h3-6,9-12,16-18H,7-8H2,1-2H3. The lowest BCUT2D eigenvalue weighted by atomic mass is 9.61. The van der Waals surface area contributed by atoms with Crippen molar-refractivity contribution < 1.29 is 14.3 Å². The van der Waals surface area contributed by atoms with Gasteiger partial charge in [-0.1, -0.05) is 24.3 Å². The average Bonchev–Trinajstić information content (AvgIpc) is 2.93. The molecular formula is C18H21NO3. The maximum atomic E-state index is 12.5. The van der Waals surface area contributed by atoms with Crippen LogP contribution in [0.5, 0.6) is 0 Å². The summed E-state index contributed by atoms with van der Waals surface area (Å²) in [6.45, 7) is 0. The minimum absolute atomic E-state index is 0.0332. The van der Waals surface area contributed by atoms with Crippen molar-refractivity contribution in [2.24, 2.45) is 28.7 Å². The maximum Gasteiger partial charge on any atom is 0.162 e. The predicted octanol–water partition coefficient (Wildman–Crippen LogP) is 2.32. The first kappa shape index (κ1) is 13.9. The molecule has 0 radical (unpaired) electrons. The van der Waals surface area contributed by atoms with Gasteiger partial charge in [-0.3, -0.25) is 9.79 Å². The van der Waals surface area contributed by atoms with Gasteiger partial charge in [0.1, 0.15) is 11.9 Å². The van der Waals surface area contributed by atoms with Crippen LogP contribution >= 0.6 is 0 Å². The lowest BCUT2D eigenvalue weighted by Gasteiger charge is -2.44. The fourth-order valence-corrected chi connectivity index (χ4v) is 4.73. The van der Waals surface area contributed by atoms with Gasteiger partial charge >= 0.3 is 0 Å². The molecule has 0 aromatic rings. The van der Waals surface area contributed by atoms with E-state index < -0.39 is 0 Å². The number of allylic oxidation sites excluding steroid dienone is 3. The summed E-state index contributed by atoms with van der Waals surface area (Å²) in [6.07, 6.45) is 11.9. The molecule has 0 aromatic carbocycles. The van der Waals surface area contributed by atoms with Crippen molar-refractivity contribution in [3.05, 3.63) is 36.1 Å². The van der Waals surface area contributed by atoms with E-state index in [9.17, 15) is 4.79 Å². The number of fused-ring (bicyclic) bond motifs is 5. The Kier molecular flexibility index (Phi) is 3.30. The SMILES string of the molecule is COC1=CC(=O)C2CCC3=NC4C=CC=CC4C3C2C1OC. The fraction of sp³-hybridized carbons (Fsp3) is 0.556. The molecule has 4 aliphatic rings. The minimum Gasteiger partial charge on any atom is -0.498 e. The molecule has 0 N–H and O–H groups in total. The Morgan fingerprint density at radius 1 is 1.23 bits per heavy atom. The van der Waals surface area contributed by atoms with E-state index in [-0.39, 0.29) is 35.7 Å². The lowest BCUT2D eigenvalue weighted by Crippen LogP contribution is -2.50. The molecule has 3 aliphatic carbocycles. The molecule has 6 unspecified atom stereocenters. The molecule has 1 saturated carbocycles. The van der Waals surface area contributed by atoms with Crippen LogP contribution in [0.1, 0.15) is 12.8 Å². The number of nitrogens with zero attached hydrogens (tertiary/aromatic N) is 1. The van der Waals surface area contributed by atoms with E-state index in [4.69, 9.17) is 14.5 Å². The maximum absolute atomic E-state index is 12.5. The van der Waals surface area contributed by atoms with Gasteiger partial charge in [0.2, 0.25) is 0 Å². The summed E-state index contributed by atoms with van der Waals surface area (Å²) >= 11 is 0. The van der Waals surface area contributed by atoms with E-state index in [1.807, 2.05) is 0 Å². The monoisotopic (exact) mass is 299 g/mol. The first-order chi connectivity index (χ1) is 10.7. The van der Waals surface area contributed by atoms with E-state index in [0.717, 1.165) is 12.8 Å². The number of aliphatic imine (C=N–C) groups is 1. The molecule has 6 atom stereocenters. The van der Waals surface area contributed by atoms with Gasteiger partial charge in [0.15, 0.2) is 5.78 Å². The van der Waals surface area contributed by atoms with Gasteiger partial charge in [-0.2, -0.15) is 0 Å². The molecule has 4 nitrogen and oxygen atoms in total.